The average molecular weight is 560 g/mol. The minimum absolute atomic E-state index is 0.103. The summed E-state index contributed by atoms with van der Waals surface area (Å²) in [4.78, 5) is 30.8. The molecular weight excluding hydrogens is 522 g/mol. The van der Waals surface area contributed by atoms with Gasteiger partial charge in [-0.05, 0) is 74.9 Å². The van der Waals surface area contributed by atoms with Gasteiger partial charge in [0.15, 0.2) is 0 Å². The molecule has 5 N–H and O–H groups in total. The standard InChI is InChI=1S/C31H37N5O5/c1-31(2,15-20-9-12-24(13-10-20)41-27-14-11-22(16-33-27)29(32)38)34-17-23(37)19-40-26-8-4-7-25-28(26)36(30(39)35-25)18-21-5-3-6-21/h4,7-14,16,21,23,34,37H,3,5-6,15,17-19H2,1-2H3,(H2,32,38)(H,35,39)/t23-/m0/s1. The molecule has 10 nitrogen and oxygen atoms in total. The number of nitrogens with two attached hydrogens (primary N) is 1. The predicted molar refractivity (Wildman–Crippen MR) is 156 cm³/mol. The van der Waals surface area contributed by atoms with Gasteiger partial charge in [0, 0.05) is 30.9 Å². The van der Waals surface area contributed by atoms with Gasteiger partial charge in [-0.25, -0.2) is 9.78 Å². The van der Waals surface area contributed by atoms with E-state index in [1.54, 1.807) is 16.7 Å². The van der Waals surface area contributed by atoms with E-state index in [0.717, 1.165) is 35.9 Å². The number of imidazole rings is 1. The number of nitrogens with zero attached hydrogens (tertiary/aromatic N) is 2. The number of fused-ring (bicyclic) bond motifs is 1. The maximum Gasteiger partial charge on any atom is 0.326 e. The number of hydrogen-bond acceptors (Lipinski definition) is 7. The van der Waals surface area contributed by atoms with Crippen LogP contribution in [-0.4, -0.2) is 50.3 Å². The number of para-hydroxylation sites is 1. The Morgan fingerprint density at radius 3 is 2.63 bits per heavy atom. The van der Waals surface area contributed by atoms with Crippen LogP contribution in [0.15, 0.2) is 65.6 Å². The second-order valence-corrected chi connectivity index (χ2v) is 11.4. The van der Waals surface area contributed by atoms with Crippen LogP contribution in [0.2, 0.25) is 0 Å². The van der Waals surface area contributed by atoms with Crippen molar-refractivity contribution in [3.63, 3.8) is 0 Å². The molecule has 1 aliphatic carbocycles. The lowest BCUT2D eigenvalue weighted by atomic mass is 9.85. The molecule has 2 heterocycles. The summed E-state index contributed by atoms with van der Waals surface area (Å²) in [6.45, 7) is 5.29. The molecule has 1 fully saturated rings. The second-order valence-electron chi connectivity index (χ2n) is 11.4. The van der Waals surface area contributed by atoms with Gasteiger partial charge in [-0.3, -0.25) is 9.36 Å². The van der Waals surface area contributed by atoms with Gasteiger partial charge in [-0.2, -0.15) is 0 Å². The third kappa shape index (κ3) is 7.14. The number of carbonyl (C=O) groups excluding carboxylic acids is 1. The molecule has 2 aromatic carbocycles. The highest BCUT2D eigenvalue weighted by atomic mass is 16.5. The number of primary amides is 1. The Bertz CT molecular complexity index is 1540. The number of aliphatic hydroxyl groups excluding tert-OH is 1. The fraction of sp³-hybridized carbons (Fsp3) is 0.387. The molecule has 0 spiro atoms. The van der Waals surface area contributed by atoms with Gasteiger partial charge in [0.1, 0.15) is 29.7 Å². The van der Waals surface area contributed by atoms with Crippen molar-refractivity contribution in [2.24, 2.45) is 11.7 Å². The van der Waals surface area contributed by atoms with Crippen LogP contribution in [-0.2, 0) is 13.0 Å². The summed E-state index contributed by atoms with van der Waals surface area (Å²) in [7, 11) is 0. The number of nitrogens with one attached hydrogen (secondary N) is 2. The fourth-order valence-corrected chi connectivity index (χ4v) is 5.00. The number of H-pyrrole nitrogens is 1. The minimum atomic E-state index is -0.737. The van der Waals surface area contributed by atoms with Crippen molar-refractivity contribution in [2.75, 3.05) is 13.2 Å². The molecule has 1 atom stereocenters. The van der Waals surface area contributed by atoms with Gasteiger partial charge in [0.05, 0.1) is 11.1 Å². The number of aromatic nitrogens is 3. The lowest BCUT2D eigenvalue weighted by molar-refractivity contribution is 0.0993. The van der Waals surface area contributed by atoms with Crippen molar-refractivity contribution in [1.82, 2.24) is 19.9 Å². The molecule has 0 unspecified atom stereocenters. The highest BCUT2D eigenvalue weighted by Gasteiger charge is 2.23. The molecule has 0 saturated heterocycles. The normalized spacial score (nSPS) is 14.5. The molecule has 0 radical (unpaired) electrons. The summed E-state index contributed by atoms with van der Waals surface area (Å²) in [5, 5.41) is 14.1. The van der Waals surface area contributed by atoms with Crippen LogP contribution in [0.3, 0.4) is 0 Å². The van der Waals surface area contributed by atoms with E-state index in [1.807, 2.05) is 42.5 Å². The Kier molecular flexibility index (Phi) is 8.41. The van der Waals surface area contributed by atoms with Gasteiger partial charge in [-0.1, -0.05) is 24.6 Å². The smallest absolute Gasteiger partial charge is 0.326 e. The van der Waals surface area contributed by atoms with Crippen LogP contribution in [0.5, 0.6) is 17.4 Å². The van der Waals surface area contributed by atoms with Crippen molar-refractivity contribution in [1.29, 1.82) is 0 Å². The topological polar surface area (TPSA) is 144 Å². The number of β-amino-alcohol motifs (C(OH)–C–C–N with tert-alkyl or cyclic N) is 1. The number of pyridine rings is 1. The third-order valence-corrected chi connectivity index (χ3v) is 7.48. The van der Waals surface area contributed by atoms with Crippen LogP contribution >= 0.6 is 0 Å². The second kappa shape index (κ2) is 12.2. The van der Waals surface area contributed by atoms with Crippen LogP contribution in [0, 0.1) is 5.92 Å². The van der Waals surface area contributed by atoms with E-state index in [9.17, 15) is 14.7 Å². The minimum Gasteiger partial charge on any atom is -0.489 e. The lowest BCUT2D eigenvalue weighted by Gasteiger charge is -2.28. The molecule has 5 rings (SSSR count). The van der Waals surface area contributed by atoms with E-state index in [4.69, 9.17) is 15.2 Å². The summed E-state index contributed by atoms with van der Waals surface area (Å²) in [5.41, 5.74) is 7.76. The van der Waals surface area contributed by atoms with Crippen LogP contribution < -0.4 is 26.2 Å². The van der Waals surface area contributed by atoms with Crippen molar-refractivity contribution in [3.05, 3.63) is 82.4 Å². The first-order chi connectivity index (χ1) is 19.7. The van der Waals surface area contributed by atoms with Crippen molar-refractivity contribution >= 4 is 16.9 Å². The molecule has 1 aliphatic rings. The fourth-order valence-electron chi connectivity index (χ4n) is 5.00. The number of carbonyl (C=O) groups is 1. The molecule has 0 bridgehead atoms. The molecule has 10 heteroatoms. The number of hydrogen-bond donors (Lipinski definition) is 4. The first kappa shape index (κ1) is 28.4. The molecule has 1 saturated carbocycles. The highest BCUT2D eigenvalue weighted by molar-refractivity contribution is 5.92. The zero-order valence-electron chi connectivity index (χ0n) is 23.4. The van der Waals surface area contributed by atoms with E-state index in [1.165, 1.54) is 12.6 Å². The Labute approximate surface area is 238 Å². The molecule has 4 aromatic rings. The van der Waals surface area contributed by atoms with E-state index in [2.05, 4.69) is 29.1 Å². The van der Waals surface area contributed by atoms with Gasteiger partial charge >= 0.3 is 5.69 Å². The van der Waals surface area contributed by atoms with E-state index < -0.39 is 12.0 Å². The first-order valence-corrected chi connectivity index (χ1v) is 14.0. The highest BCUT2D eigenvalue weighted by Crippen LogP contribution is 2.30. The SMILES string of the molecule is CC(C)(Cc1ccc(Oc2ccc(C(N)=O)cn2)cc1)NC[C@H](O)COc1cccc2[nH]c(=O)n(CC3CCC3)c12. The van der Waals surface area contributed by atoms with Gasteiger partial charge in [0.25, 0.3) is 0 Å². The van der Waals surface area contributed by atoms with Crippen molar-refractivity contribution in [3.8, 4) is 17.4 Å². The monoisotopic (exact) mass is 559 g/mol. The lowest BCUT2D eigenvalue weighted by Crippen LogP contribution is -2.46. The Hall–Kier alpha value is -4.15. The molecule has 216 valence electrons. The van der Waals surface area contributed by atoms with Gasteiger partial charge in [0.2, 0.25) is 11.8 Å². The molecule has 1 amide bonds. The maximum absolute atomic E-state index is 12.6. The largest absolute Gasteiger partial charge is 0.489 e. The van der Waals surface area contributed by atoms with E-state index in [-0.39, 0.29) is 17.8 Å². The van der Waals surface area contributed by atoms with Crippen LogP contribution in [0.1, 0.15) is 49.0 Å². The first-order valence-electron chi connectivity index (χ1n) is 14.0. The van der Waals surface area contributed by atoms with Crippen molar-refractivity contribution in [2.45, 2.75) is 57.7 Å². The van der Waals surface area contributed by atoms with Gasteiger partial charge < -0.3 is 30.6 Å². The van der Waals surface area contributed by atoms with Gasteiger partial charge in [-0.15, -0.1) is 0 Å². The Morgan fingerprint density at radius 2 is 1.98 bits per heavy atom. The number of benzene rings is 2. The number of aliphatic hydroxyl groups is 1. The predicted octanol–water partition coefficient (Wildman–Crippen LogP) is 3.77. The van der Waals surface area contributed by atoms with Crippen molar-refractivity contribution < 1.29 is 19.4 Å². The Morgan fingerprint density at radius 1 is 1.20 bits per heavy atom. The molecular formula is C31H37N5O5. The maximum atomic E-state index is 12.6. The molecule has 0 aliphatic heterocycles. The third-order valence-electron chi connectivity index (χ3n) is 7.48. The zero-order chi connectivity index (χ0) is 29.0. The number of rotatable bonds is 13. The van der Waals surface area contributed by atoms with E-state index in [0.29, 0.717) is 41.9 Å². The quantitative estimate of drug-likeness (QED) is 0.195. The average Bonchev–Trinajstić information content (AvgIpc) is 3.24. The summed E-state index contributed by atoms with van der Waals surface area (Å²) in [6, 6.07) is 16.4. The summed E-state index contributed by atoms with van der Waals surface area (Å²) in [5.74, 6) is 1.58. The molecule has 2 aromatic heterocycles. The summed E-state index contributed by atoms with van der Waals surface area (Å²) >= 11 is 0. The molecule has 41 heavy (non-hydrogen) atoms. The van der Waals surface area contributed by atoms with Crippen LogP contribution in [0.4, 0.5) is 0 Å². The zero-order valence-corrected chi connectivity index (χ0v) is 23.4. The van der Waals surface area contributed by atoms with Crippen LogP contribution in [0.25, 0.3) is 11.0 Å². The number of amides is 1. The van der Waals surface area contributed by atoms with E-state index >= 15 is 0 Å². The summed E-state index contributed by atoms with van der Waals surface area (Å²) in [6.07, 6.45) is 4.88. The Balaban J connectivity index is 1.12. The number of aromatic amines is 1. The number of ether oxygens (including phenoxy) is 2. The summed E-state index contributed by atoms with van der Waals surface area (Å²) < 4.78 is 13.5.